The molecule has 0 atom stereocenters. The zero-order valence-corrected chi connectivity index (χ0v) is 18.6. The van der Waals surface area contributed by atoms with Crippen molar-refractivity contribution < 1.29 is 17.9 Å². The fourth-order valence-corrected chi connectivity index (χ4v) is 5.05. The van der Waals surface area contributed by atoms with Crippen LogP contribution in [0.3, 0.4) is 0 Å². The summed E-state index contributed by atoms with van der Waals surface area (Å²) >= 11 is 5.84. The molecular weight excluding hydrogens is 424 g/mol. The van der Waals surface area contributed by atoms with E-state index in [9.17, 15) is 13.2 Å². The second-order valence-corrected chi connectivity index (χ2v) is 9.76. The standard InChI is InChI=1S/C22H27ClN2O4S/c1-2-3-17-4-8-20(9-5-17)29-16-22(26)24-19-12-14-25(15-13-19)30(27,28)21-10-6-18(23)7-11-21/h4-11,19H,2-3,12-16H2,1H3,(H,24,26). The van der Waals surface area contributed by atoms with E-state index in [0.717, 1.165) is 12.8 Å². The van der Waals surface area contributed by atoms with Crippen molar-refractivity contribution in [2.75, 3.05) is 19.7 Å². The highest BCUT2D eigenvalue weighted by Crippen LogP contribution is 2.22. The molecule has 1 saturated heterocycles. The van der Waals surface area contributed by atoms with Crippen molar-refractivity contribution in [2.24, 2.45) is 0 Å². The minimum Gasteiger partial charge on any atom is -0.484 e. The number of nitrogens with one attached hydrogen (secondary N) is 1. The number of hydrogen-bond donors (Lipinski definition) is 1. The third kappa shape index (κ3) is 5.97. The zero-order chi connectivity index (χ0) is 21.6. The highest BCUT2D eigenvalue weighted by molar-refractivity contribution is 7.89. The molecule has 1 aliphatic rings. The summed E-state index contributed by atoms with van der Waals surface area (Å²) in [4.78, 5) is 12.4. The van der Waals surface area contributed by atoms with Gasteiger partial charge in [-0.3, -0.25) is 4.79 Å². The molecule has 2 aromatic carbocycles. The monoisotopic (exact) mass is 450 g/mol. The molecule has 162 valence electrons. The van der Waals surface area contributed by atoms with Crippen LogP contribution < -0.4 is 10.1 Å². The van der Waals surface area contributed by atoms with E-state index in [1.165, 1.54) is 22.0 Å². The third-order valence-electron chi connectivity index (χ3n) is 5.10. The van der Waals surface area contributed by atoms with E-state index >= 15 is 0 Å². The molecule has 0 radical (unpaired) electrons. The summed E-state index contributed by atoms with van der Waals surface area (Å²) in [6, 6.07) is 13.9. The van der Waals surface area contributed by atoms with Gasteiger partial charge in [-0.15, -0.1) is 0 Å². The van der Waals surface area contributed by atoms with E-state index in [1.54, 1.807) is 12.1 Å². The molecule has 1 fully saturated rings. The van der Waals surface area contributed by atoms with Crippen LogP contribution in [0.15, 0.2) is 53.4 Å². The number of benzene rings is 2. The number of nitrogens with zero attached hydrogens (tertiary/aromatic N) is 1. The number of rotatable bonds is 8. The van der Waals surface area contributed by atoms with Crippen molar-refractivity contribution in [3.05, 3.63) is 59.1 Å². The predicted octanol–water partition coefficient (Wildman–Crippen LogP) is 3.64. The van der Waals surface area contributed by atoms with Crippen LogP contribution in [0.1, 0.15) is 31.7 Å². The Morgan fingerprint density at radius 1 is 1.10 bits per heavy atom. The van der Waals surface area contributed by atoms with Crippen molar-refractivity contribution >= 4 is 27.5 Å². The Morgan fingerprint density at radius 3 is 2.33 bits per heavy atom. The first-order valence-corrected chi connectivity index (χ1v) is 12.0. The number of carbonyl (C=O) groups excluding carboxylic acids is 1. The lowest BCUT2D eigenvalue weighted by Gasteiger charge is -2.31. The molecule has 1 heterocycles. The molecule has 0 aromatic heterocycles. The van der Waals surface area contributed by atoms with E-state index < -0.39 is 10.0 Å². The zero-order valence-electron chi connectivity index (χ0n) is 17.0. The van der Waals surface area contributed by atoms with Crippen LogP contribution in [0.5, 0.6) is 5.75 Å². The van der Waals surface area contributed by atoms with Crippen LogP contribution >= 0.6 is 11.6 Å². The van der Waals surface area contributed by atoms with Gasteiger partial charge in [-0.25, -0.2) is 8.42 Å². The first-order chi connectivity index (χ1) is 14.4. The number of sulfonamides is 1. The van der Waals surface area contributed by atoms with Crippen LogP contribution in [0, 0.1) is 0 Å². The Morgan fingerprint density at radius 2 is 1.73 bits per heavy atom. The minimum absolute atomic E-state index is 0.0591. The third-order valence-corrected chi connectivity index (χ3v) is 7.27. The Balaban J connectivity index is 1.44. The Labute approximate surface area is 183 Å². The van der Waals surface area contributed by atoms with Crippen molar-refractivity contribution in [1.29, 1.82) is 0 Å². The number of amides is 1. The molecule has 6 nitrogen and oxygen atoms in total. The van der Waals surface area contributed by atoms with Gasteiger partial charge in [0.15, 0.2) is 6.61 Å². The summed E-state index contributed by atoms with van der Waals surface area (Å²) in [7, 11) is -3.55. The van der Waals surface area contributed by atoms with Crippen LogP contribution in [0.4, 0.5) is 0 Å². The van der Waals surface area contributed by atoms with E-state index in [0.29, 0.717) is 36.7 Å². The molecule has 1 aliphatic heterocycles. The van der Waals surface area contributed by atoms with Gasteiger partial charge in [0.2, 0.25) is 10.0 Å². The topological polar surface area (TPSA) is 75.7 Å². The van der Waals surface area contributed by atoms with Gasteiger partial charge in [-0.05, 0) is 61.2 Å². The average molecular weight is 451 g/mol. The van der Waals surface area contributed by atoms with Gasteiger partial charge in [0.25, 0.3) is 5.91 Å². The maximum atomic E-state index is 12.7. The number of ether oxygens (including phenoxy) is 1. The number of aryl methyl sites for hydroxylation is 1. The minimum atomic E-state index is -3.55. The van der Waals surface area contributed by atoms with Crippen LogP contribution in [-0.4, -0.2) is 44.4 Å². The van der Waals surface area contributed by atoms with E-state index in [4.69, 9.17) is 16.3 Å². The number of hydrogen-bond acceptors (Lipinski definition) is 4. The normalized spacial score (nSPS) is 15.7. The van der Waals surface area contributed by atoms with Crippen molar-refractivity contribution in [2.45, 2.75) is 43.5 Å². The van der Waals surface area contributed by atoms with Crippen molar-refractivity contribution in [1.82, 2.24) is 9.62 Å². The summed E-state index contributed by atoms with van der Waals surface area (Å²) in [5.74, 6) is 0.459. The van der Waals surface area contributed by atoms with Gasteiger partial charge in [0.05, 0.1) is 4.90 Å². The quantitative estimate of drug-likeness (QED) is 0.666. The second kappa shape index (κ2) is 10.3. The molecule has 0 bridgehead atoms. The van der Waals surface area contributed by atoms with Crippen LogP contribution in [-0.2, 0) is 21.2 Å². The first-order valence-electron chi connectivity index (χ1n) is 10.2. The largest absolute Gasteiger partial charge is 0.484 e. The summed E-state index contributed by atoms with van der Waals surface area (Å²) < 4.78 is 32.5. The maximum Gasteiger partial charge on any atom is 0.258 e. The second-order valence-electron chi connectivity index (χ2n) is 7.38. The molecule has 1 N–H and O–H groups in total. The number of piperidine rings is 1. The average Bonchev–Trinajstić information content (AvgIpc) is 2.74. The van der Waals surface area contributed by atoms with Gasteiger partial charge in [-0.1, -0.05) is 37.1 Å². The summed E-state index contributed by atoms with van der Waals surface area (Å²) in [5, 5.41) is 3.43. The lowest BCUT2D eigenvalue weighted by atomic mass is 10.1. The van der Waals surface area contributed by atoms with E-state index in [1.807, 2.05) is 24.3 Å². The fraction of sp³-hybridized carbons (Fsp3) is 0.409. The Hall–Kier alpha value is -2.09. The Bertz CT molecular complexity index is 938. The maximum absolute atomic E-state index is 12.7. The van der Waals surface area contributed by atoms with Gasteiger partial charge in [0, 0.05) is 24.2 Å². The predicted molar refractivity (Wildman–Crippen MR) is 117 cm³/mol. The molecule has 8 heteroatoms. The van der Waals surface area contributed by atoms with Gasteiger partial charge < -0.3 is 10.1 Å². The van der Waals surface area contributed by atoms with Crippen LogP contribution in [0.2, 0.25) is 5.02 Å². The van der Waals surface area contributed by atoms with Crippen LogP contribution in [0.25, 0.3) is 0 Å². The molecule has 0 spiro atoms. The molecular formula is C22H27ClN2O4S. The molecule has 2 aromatic rings. The molecule has 1 amide bonds. The fourth-order valence-electron chi connectivity index (χ4n) is 3.46. The summed E-state index contributed by atoms with van der Waals surface area (Å²) in [5.41, 5.74) is 1.25. The molecule has 30 heavy (non-hydrogen) atoms. The van der Waals surface area contributed by atoms with Gasteiger partial charge >= 0.3 is 0 Å². The highest BCUT2D eigenvalue weighted by Gasteiger charge is 2.29. The molecule has 3 rings (SSSR count). The smallest absolute Gasteiger partial charge is 0.258 e. The molecule has 0 unspecified atom stereocenters. The molecule has 0 aliphatic carbocycles. The van der Waals surface area contributed by atoms with Gasteiger partial charge in [0.1, 0.15) is 5.75 Å². The number of carbonyl (C=O) groups is 1. The SMILES string of the molecule is CCCc1ccc(OCC(=O)NC2CCN(S(=O)(=O)c3ccc(Cl)cc3)CC2)cc1. The molecule has 0 saturated carbocycles. The van der Waals surface area contributed by atoms with E-state index in [2.05, 4.69) is 12.2 Å². The number of halogens is 1. The first kappa shape index (κ1) is 22.6. The van der Waals surface area contributed by atoms with E-state index in [-0.39, 0.29) is 23.5 Å². The van der Waals surface area contributed by atoms with Crippen molar-refractivity contribution in [3.8, 4) is 5.75 Å². The summed E-state index contributed by atoms with van der Waals surface area (Å²) in [6.07, 6.45) is 3.23. The highest BCUT2D eigenvalue weighted by atomic mass is 35.5. The van der Waals surface area contributed by atoms with Gasteiger partial charge in [-0.2, -0.15) is 4.31 Å². The lowest BCUT2D eigenvalue weighted by Crippen LogP contribution is -2.47. The lowest BCUT2D eigenvalue weighted by molar-refractivity contribution is -0.124. The summed E-state index contributed by atoms with van der Waals surface area (Å²) in [6.45, 7) is 2.79. The Kier molecular flexibility index (Phi) is 7.75. The van der Waals surface area contributed by atoms with Crippen molar-refractivity contribution in [3.63, 3.8) is 0 Å².